The van der Waals surface area contributed by atoms with Gasteiger partial charge >= 0.3 is 0 Å². The molecule has 0 spiro atoms. The molecule has 0 saturated carbocycles. The summed E-state index contributed by atoms with van der Waals surface area (Å²) in [5, 5.41) is 2.55. The first kappa shape index (κ1) is 11.8. The summed E-state index contributed by atoms with van der Waals surface area (Å²) in [5.74, 6) is 0.333. The normalized spacial score (nSPS) is 9.83. The first-order chi connectivity index (χ1) is 8.69. The minimum Gasteiger partial charge on any atom is -0.481 e. The Morgan fingerprint density at radius 2 is 2.00 bits per heavy atom. The highest BCUT2D eigenvalue weighted by molar-refractivity contribution is 6.03. The molecule has 18 heavy (non-hydrogen) atoms. The molecule has 0 atom stereocenters. The fraction of sp³-hybridized carbons (Fsp3) is 0.0833. The summed E-state index contributed by atoms with van der Waals surface area (Å²) in [6, 6.07) is 10.2. The fourth-order valence-corrected chi connectivity index (χ4v) is 1.37. The summed E-state index contributed by atoms with van der Waals surface area (Å²) in [6.07, 6.45) is 0. The minimum atomic E-state index is -0.303. The van der Waals surface area contributed by atoms with Crippen LogP contribution in [0.1, 0.15) is 10.4 Å². The lowest BCUT2D eigenvalue weighted by molar-refractivity contribution is 0.102. The second-order valence-corrected chi connectivity index (χ2v) is 3.48. The van der Waals surface area contributed by atoms with Crippen LogP contribution in [0.2, 0.25) is 0 Å². The number of ether oxygens (including phenoxy) is 1. The van der Waals surface area contributed by atoms with Gasteiger partial charge in [-0.3, -0.25) is 10.1 Å². The molecule has 0 radical (unpaired) electrons. The molecule has 6 heteroatoms. The number of nitrogen functional groups attached to an aromatic ring is 1. The molecule has 1 aromatic heterocycles. The summed E-state index contributed by atoms with van der Waals surface area (Å²) in [5.41, 5.74) is 6.08. The Bertz CT molecular complexity index is 557. The van der Waals surface area contributed by atoms with Gasteiger partial charge in [0.2, 0.25) is 11.8 Å². The first-order valence-corrected chi connectivity index (χ1v) is 5.24. The number of amides is 1. The lowest BCUT2D eigenvalue weighted by Gasteiger charge is -2.06. The minimum absolute atomic E-state index is 0.112. The molecule has 1 amide bonds. The zero-order valence-corrected chi connectivity index (χ0v) is 9.75. The number of rotatable bonds is 3. The average Bonchev–Trinajstić information content (AvgIpc) is 2.39. The molecule has 0 bridgehead atoms. The maximum absolute atomic E-state index is 11.9. The maximum Gasteiger partial charge on any atom is 0.258 e. The molecule has 0 saturated heterocycles. The quantitative estimate of drug-likeness (QED) is 0.849. The van der Waals surface area contributed by atoms with Crippen LogP contribution in [-0.4, -0.2) is 23.0 Å². The molecule has 2 aromatic rings. The van der Waals surface area contributed by atoms with Crippen LogP contribution in [0, 0.1) is 0 Å². The van der Waals surface area contributed by atoms with E-state index in [1.54, 1.807) is 24.3 Å². The number of carbonyl (C=O) groups is 1. The van der Waals surface area contributed by atoms with Crippen molar-refractivity contribution in [2.75, 3.05) is 18.2 Å². The van der Waals surface area contributed by atoms with Crippen molar-refractivity contribution >= 4 is 17.7 Å². The Hall–Kier alpha value is -2.63. The third kappa shape index (κ3) is 2.73. The van der Waals surface area contributed by atoms with Crippen LogP contribution in [0.4, 0.5) is 11.8 Å². The van der Waals surface area contributed by atoms with E-state index < -0.39 is 0 Å². The monoisotopic (exact) mass is 244 g/mol. The van der Waals surface area contributed by atoms with Gasteiger partial charge in [-0.1, -0.05) is 18.2 Å². The fourth-order valence-electron chi connectivity index (χ4n) is 1.37. The lowest BCUT2D eigenvalue weighted by Crippen LogP contribution is -2.14. The van der Waals surface area contributed by atoms with Gasteiger partial charge in [-0.05, 0) is 12.1 Å². The van der Waals surface area contributed by atoms with Crippen molar-refractivity contribution in [1.82, 2.24) is 9.97 Å². The summed E-state index contributed by atoms with van der Waals surface area (Å²) in [6.45, 7) is 0. The molecule has 1 aromatic carbocycles. The van der Waals surface area contributed by atoms with E-state index in [-0.39, 0.29) is 17.7 Å². The number of nitrogens with zero attached hydrogens (tertiary/aromatic N) is 2. The molecule has 2 rings (SSSR count). The number of hydrogen-bond donors (Lipinski definition) is 2. The molecule has 0 fully saturated rings. The number of methoxy groups -OCH3 is 1. The molecule has 3 N–H and O–H groups in total. The zero-order valence-electron chi connectivity index (χ0n) is 9.75. The van der Waals surface area contributed by atoms with Crippen LogP contribution < -0.4 is 15.8 Å². The zero-order chi connectivity index (χ0) is 13.0. The SMILES string of the molecule is COc1cc(N)nc(NC(=O)c2ccccc2)n1. The van der Waals surface area contributed by atoms with Crippen molar-refractivity contribution in [2.24, 2.45) is 0 Å². The van der Waals surface area contributed by atoms with Crippen molar-refractivity contribution in [3.8, 4) is 5.88 Å². The Morgan fingerprint density at radius 3 is 2.67 bits per heavy atom. The van der Waals surface area contributed by atoms with Crippen LogP contribution in [0.15, 0.2) is 36.4 Å². The highest BCUT2D eigenvalue weighted by atomic mass is 16.5. The lowest BCUT2D eigenvalue weighted by atomic mass is 10.2. The van der Waals surface area contributed by atoms with E-state index >= 15 is 0 Å². The van der Waals surface area contributed by atoms with Gasteiger partial charge in [-0.15, -0.1) is 0 Å². The average molecular weight is 244 g/mol. The van der Waals surface area contributed by atoms with E-state index in [2.05, 4.69) is 15.3 Å². The van der Waals surface area contributed by atoms with Gasteiger partial charge in [0.25, 0.3) is 5.91 Å². The van der Waals surface area contributed by atoms with Crippen LogP contribution in [0.25, 0.3) is 0 Å². The van der Waals surface area contributed by atoms with E-state index in [0.717, 1.165) is 0 Å². The molecule has 0 aliphatic rings. The second kappa shape index (κ2) is 5.13. The van der Waals surface area contributed by atoms with Crippen LogP contribution >= 0.6 is 0 Å². The van der Waals surface area contributed by atoms with Crippen molar-refractivity contribution in [3.63, 3.8) is 0 Å². The summed E-state index contributed by atoms with van der Waals surface area (Å²) >= 11 is 0. The number of nitrogens with one attached hydrogen (secondary N) is 1. The van der Waals surface area contributed by atoms with E-state index in [0.29, 0.717) is 11.4 Å². The number of anilines is 2. The highest BCUT2D eigenvalue weighted by Gasteiger charge is 2.09. The topological polar surface area (TPSA) is 90.1 Å². The van der Waals surface area contributed by atoms with Gasteiger partial charge < -0.3 is 10.5 Å². The van der Waals surface area contributed by atoms with Crippen LogP contribution in [0.3, 0.4) is 0 Å². The smallest absolute Gasteiger partial charge is 0.258 e. The van der Waals surface area contributed by atoms with Gasteiger partial charge in [-0.2, -0.15) is 9.97 Å². The van der Waals surface area contributed by atoms with Crippen LogP contribution in [-0.2, 0) is 0 Å². The Balaban J connectivity index is 2.19. The maximum atomic E-state index is 11.9. The standard InChI is InChI=1S/C12H12N4O2/c1-18-10-7-9(13)14-12(15-10)16-11(17)8-5-3-2-4-6-8/h2-7H,1H3,(H3,13,14,15,16,17). The third-order valence-corrected chi connectivity index (χ3v) is 2.19. The summed E-state index contributed by atoms with van der Waals surface area (Å²) in [7, 11) is 1.46. The summed E-state index contributed by atoms with van der Waals surface area (Å²) < 4.78 is 4.94. The Morgan fingerprint density at radius 1 is 1.28 bits per heavy atom. The molecule has 0 aliphatic heterocycles. The predicted molar refractivity (Wildman–Crippen MR) is 67.4 cm³/mol. The molecule has 0 aliphatic carbocycles. The van der Waals surface area contributed by atoms with Gasteiger partial charge in [0, 0.05) is 11.6 Å². The van der Waals surface area contributed by atoms with Gasteiger partial charge in [0.15, 0.2) is 0 Å². The first-order valence-electron chi connectivity index (χ1n) is 5.24. The van der Waals surface area contributed by atoms with Crippen molar-refractivity contribution in [2.45, 2.75) is 0 Å². The molecule has 1 heterocycles. The Kier molecular flexibility index (Phi) is 3.38. The van der Waals surface area contributed by atoms with Crippen LogP contribution in [0.5, 0.6) is 5.88 Å². The second-order valence-electron chi connectivity index (χ2n) is 3.48. The molecular weight excluding hydrogens is 232 g/mol. The highest BCUT2D eigenvalue weighted by Crippen LogP contribution is 2.13. The van der Waals surface area contributed by atoms with E-state index in [4.69, 9.17) is 10.5 Å². The molecule has 92 valence electrons. The number of carbonyl (C=O) groups excluding carboxylic acids is 1. The van der Waals surface area contributed by atoms with E-state index in [1.165, 1.54) is 13.2 Å². The predicted octanol–water partition coefficient (Wildman–Crippen LogP) is 1.32. The Labute approximate surface area is 104 Å². The third-order valence-electron chi connectivity index (χ3n) is 2.19. The van der Waals surface area contributed by atoms with E-state index in [1.807, 2.05) is 6.07 Å². The van der Waals surface area contributed by atoms with E-state index in [9.17, 15) is 4.79 Å². The summed E-state index contributed by atoms with van der Waals surface area (Å²) in [4.78, 5) is 19.7. The van der Waals surface area contributed by atoms with Crippen molar-refractivity contribution in [1.29, 1.82) is 0 Å². The number of nitrogens with two attached hydrogens (primary N) is 1. The van der Waals surface area contributed by atoms with Crippen molar-refractivity contribution < 1.29 is 9.53 Å². The number of hydrogen-bond acceptors (Lipinski definition) is 5. The number of benzene rings is 1. The van der Waals surface area contributed by atoms with Gasteiger partial charge in [0.05, 0.1) is 7.11 Å². The largest absolute Gasteiger partial charge is 0.481 e. The van der Waals surface area contributed by atoms with Gasteiger partial charge in [-0.25, -0.2) is 0 Å². The molecule has 0 unspecified atom stereocenters. The number of aromatic nitrogens is 2. The molecular formula is C12H12N4O2. The van der Waals surface area contributed by atoms with Crippen molar-refractivity contribution in [3.05, 3.63) is 42.0 Å². The van der Waals surface area contributed by atoms with Gasteiger partial charge in [0.1, 0.15) is 5.82 Å². The molecule has 6 nitrogen and oxygen atoms in total.